The molecule has 7 nitrogen and oxygen atoms in total. The zero-order valence-corrected chi connectivity index (χ0v) is 20.0. The van der Waals surface area contributed by atoms with Gasteiger partial charge in [0.15, 0.2) is 5.82 Å². The van der Waals surface area contributed by atoms with Gasteiger partial charge in [-0.25, -0.2) is 9.07 Å². The molecular formula is C26H26FN5O2S. The first-order chi connectivity index (χ1) is 17.1. The lowest BCUT2D eigenvalue weighted by molar-refractivity contribution is -0.126. The molecule has 35 heavy (non-hydrogen) atoms. The van der Waals surface area contributed by atoms with Crippen LogP contribution in [0.3, 0.4) is 0 Å². The van der Waals surface area contributed by atoms with Gasteiger partial charge in [-0.2, -0.15) is 5.10 Å². The molecule has 1 aliphatic rings. The van der Waals surface area contributed by atoms with Crippen molar-refractivity contribution in [1.82, 2.24) is 24.6 Å². The molecule has 0 radical (unpaired) electrons. The zero-order chi connectivity index (χ0) is 24.2. The Morgan fingerprint density at radius 1 is 1.11 bits per heavy atom. The number of benzene rings is 1. The molecule has 2 amide bonds. The van der Waals surface area contributed by atoms with Crippen molar-refractivity contribution in [3.8, 4) is 11.5 Å². The Hall–Kier alpha value is -3.72. The number of hydrogen-bond donors (Lipinski definition) is 1. The quantitative estimate of drug-likeness (QED) is 0.424. The summed E-state index contributed by atoms with van der Waals surface area (Å²) in [5.74, 6) is -0.176. The molecule has 1 saturated heterocycles. The Labute approximate surface area is 206 Å². The maximum Gasteiger partial charge on any atom is 0.259 e. The van der Waals surface area contributed by atoms with Crippen molar-refractivity contribution in [2.45, 2.75) is 19.3 Å². The molecular weight excluding hydrogens is 465 g/mol. The predicted molar refractivity (Wildman–Crippen MR) is 133 cm³/mol. The van der Waals surface area contributed by atoms with Crippen LogP contribution < -0.4 is 5.32 Å². The molecule has 5 rings (SSSR count). The summed E-state index contributed by atoms with van der Waals surface area (Å²) in [6.45, 7) is 1.55. The van der Waals surface area contributed by atoms with Gasteiger partial charge in [-0.3, -0.25) is 9.59 Å². The number of rotatable bonds is 7. The minimum atomic E-state index is -0.340. The van der Waals surface area contributed by atoms with E-state index in [1.165, 1.54) is 17.0 Å². The van der Waals surface area contributed by atoms with Crippen LogP contribution in [0, 0.1) is 11.7 Å². The third-order valence-corrected chi connectivity index (χ3v) is 7.16. The maximum absolute atomic E-state index is 13.6. The van der Waals surface area contributed by atoms with E-state index in [1.54, 1.807) is 39.2 Å². The average molecular weight is 492 g/mol. The number of thiophene rings is 1. The van der Waals surface area contributed by atoms with E-state index in [2.05, 4.69) is 16.5 Å². The van der Waals surface area contributed by atoms with E-state index in [9.17, 15) is 14.0 Å². The van der Waals surface area contributed by atoms with Gasteiger partial charge in [0.1, 0.15) is 11.4 Å². The monoisotopic (exact) mass is 491 g/mol. The lowest BCUT2D eigenvalue weighted by atomic mass is 9.96. The zero-order valence-electron chi connectivity index (χ0n) is 19.1. The summed E-state index contributed by atoms with van der Waals surface area (Å²) in [5, 5.41) is 9.52. The molecule has 1 aromatic carbocycles. The van der Waals surface area contributed by atoms with Crippen LogP contribution >= 0.6 is 11.3 Å². The SMILES string of the molecule is O=C(NCCc1cccs1)C1CCCN(C(=O)c2cnn(-c3ccc(F)cc3)c2-n2cccc2)C1. The molecule has 0 bridgehead atoms. The summed E-state index contributed by atoms with van der Waals surface area (Å²) in [7, 11) is 0. The van der Waals surface area contributed by atoms with E-state index < -0.39 is 0 Å². The fraction of sp³-hybridized carbons (Fsp3) is 0.269. The number of piperidine rings is 1. The minimum absolute atomic E-state index is 0.00769. The van der Waals surface area contributed by atoms with Gasteiger partial charge in [-0.1, -0.05) is 6.07 Å². The third kappa shape index (κ3) is 5.05. The predicted octanol–water partition coefficient (Wildman–Crippen LogP) is 4.07. The number of carbonyl (C=O) groups is 2. The molecule has 1 atom stereocenters. The van der Waals surface area contributed by atoms with Crippen molar-refractivity contribution in [3.63, 3.8) is 0 Å². The van der Waals surface area contributed by atoms with Gasteiger partial charge in [0.25, 0.3) is 5.91 Å². The van der Waals surface area contributed by atoms with E-state index >= 15 is 0 Å². The van der Waals surface area contributed by atoms with E-state index in [0.29, 0.717) is 36.7 Å². The molecule has 1 N–H and O–H groups in total. The highest BCUT2D eigenvalue weighted by Crippen LogP contribution is 2.24. The molecule has 0 aliphatic carbocycles. The summed E-state index contributed by atoms with van der Waals surface area (Å²) >= 11 is 1.68. The van der Waals surface area contributed by atoms with E-state index in [1.807, 2.05) is 40.5 Å². The number of carbonyl (C=O) groups excluding carboxylic acids is 2. The number of amides is 2. The van der Waals surface area contributed by atoms with Crippen molar-refractivity contribution in [3.05, 3.63) is 88.8 Å². The Morgan fingerprint density at radius 2 is 1.91 bits per heavy atom. The molecule has 1 aliphatic heterocycles. The van der Waals surface area contributed by atoms with Crippen LogP contribution in [-0.4, -0.2) is 50.7 Å². The molecule has 0 saturated carbocycles. The molecule has 1 unspecified atom stereocenters. The smallest absolute Gasteiger partial charge is 0.259 e. The number of hydrogen-bond acceptors (Lipinski definition) is 4. The summed E-state index contributed by atoms with van der Waals surface area (Å²) < 4.78 is 16.9. The molecule has 9 heteroatoms. The molecule has 3 aromatic heterocycles. The lowest BCUT2D eigenvalue weighted by Gasteiger charge is -2.32. The number of halogens is 1. The van der Waals surface area contributed by atoms with Crippen molar-refractivity contribution < 1.29 is 14.0 Å². The second-order valence-corrected chi connectivity index (χ2v) is 9.60. The first-order valence-corrected chi connectivity index (χ1v) is 12.5. The second-order valence-electron chi connectivity index (χ2n) is 8.57. The highest BCUT2D eigenvalue weighted by atomic mass is 32.1. The van der Waals surface area contributed by atoms with Crippen LogP contribution in [0.25, 0.3) is 11.5 Å². The molecule has 4 heterocycles. The van der Waals surface area contributed by atoms with Gasteiger partial charge in [0, 0.05) is 36.9 Å². The van der Waals surface area contributed by atoms with Gasteiger partial charge >= 0.3 is 0 Å². The number of nitrogens with zero attached hydrogens (tertiary/aromatic N) is 4. The highest BCUT2D eigenvalue weighted by molar-refractivity contribution is 7.09. The van der Waals surface area contributed by atoms with Crippen molar-refractivity contribution in [2.75, 3.05) is 19.6 Å². The fourth-order valence-electron chi connectivity index (χ4n) is 4.44. The number of likely N-dealkylation sites (tertiary alicyclic amines) is 1. The summed E-state index contributed by atoms with van der Waals surface area (Å²) in [6, 6.07) is 13.8. The molecule has 1 fully saturated rings. The van der Waals surface area contributed by atoms with Gasteiger partial charge in [-0.05, 0) is 67.1 Å². The Bertz CT molecular complexity index is 1280. The van der Waals surface area contributed by atoms with Crippen molar-refractivity contribution in [1.29, 1.82) is 0 Å². The Morgan fingerprint density at radius 3 is 2.66 bits per heavy atom. The normalized spacial score (nSPS) is 15.8. The molecule has 180 valence electrons. The van der Waals surface area contributed by atoms with Crippen LogP contribution in [0.4, 0.5) is 4.39 Å². The first-order valence-electron chi connectivity index (χ1n) is 11.7. The van der Waals surface area contributed by atoms with E-state index in [0.717, 1.165) is 19.3 Å². The van der Waals surface area contributed by atoms with Gasteiger partial charge in [-0.15, -0.1) is 11.3 Å². The van der Waals surface area contributed by atoms with Crippen molar-refractivity contribution in [2.24, 2.45) is 5.92 Å². The fourth-order valence-corrected chi connectivity index (χ4v) is 5.15. The third-order valence-electron chi connectivity index (χ3n) is 6.22. The number of aromatic nitrogens is 3. The largest absolute Gasteiger partial charge is 0.355 e. The van der Waals surface area contributed by atoms with Crippen molar-refractivity contribution >= 4 is 23.2 Å². The molecule has 0 spiro atoms. The Balaban J connectivity index is 1.33. The van der Waals surface area contributed by atoms with Crippen LogP contribution in [-0.2, 0) is 11.2 Å². The van der Waals surface area contributed by atoms with Gasteiger partial charge < -0.3 is 14.8 Å². The van der Waals surface area contributed by atoms with Gasteiger partial charge in [0.05, 0.1) is 17.8 Å². The van der Waals surface area contributed by atoms with Crippen LogP contribution in [0.2, 0.25) is 0 Å². The van der Waals surface area contributed by atoms with Crippen LogP contribution in [0.1, 0.15) is 28.1 Å². The standard InChI is InChI=1S/C26H26FN5O2S/c27-20-7-9-21(10-8-20)32-25(30-13-1-2-14-30)23(17-29-32)26(34)31-15-3-5-19(18-31)24(33)28-12-11-22-6-4-16-35-22/h1-2,4,6-10,13-14,16-17,19H,3,5,11-12,15,18H2,(H,28,33). The highest BCUT2D eigenvalue weighted by Gasteiger charge is 2.31. The van der Waals surface area contributed by atoms with E-state index in [4.69, 9.17) is 0 Å². The van der Waals surface area contributed by atoms with Crippen LogP contribution in [0.5, 0.6) is 0 Å². The van der Waals surface area contributed by atoms with E-state index in [-0.39, 0.29) is 23.5 Å². The maximum atomic E-state index is 13.6. The van der Waals surface area contributed by atoms with Gasteiger partial charge in [0.2, 0.25) is 5.91 Å². The number of nitrogens with one attached hydrogen (secondary N) is 1. The molecule has 4 aromatic rings. The Kier molecular flexibility index (Phi) is 6.76. The average Bonchev–Trinajstić information content (AvgIpc) is 3.66. The minimum Gasteiger partial charge on any atom is -0.355 e. The summed E-state index contributed by atoms with van der Waals surface area (Å²) in [6.07, 6.45) is 7.56. The topological polar surface area (TPSA) is 72.2 Å². The second kappa shape index (κ2) is 10.3. The summed E-state index contributed by atoms with van der Waals surface area (Å²) in [4.78, 5) is 29.4. The lowest BCUT2D eigenvalue weighted by Crippen LogP contribution is -2.45. The first kappa shape index (κ1) is 23.0. The van der Waals surface area contributed by atoms with Crippen LogP contribution in [0.15, 0.2) is 72.5 Å². The summed E-state index contributed by atoms with van der Waals surface area (Å²) in [5.41, 5.74) is 1.08.